The lowest BCUT2D eigenvalue weighted by molar-refractivity contribution is 0.570. The van der Waals surface area contributed by atoms with Gasteiger partial charge in [0.1, 0.15) is 10.0 Å². The summed E-state index contributed by atoms with van der Waals surface area (Å²) in [5.41, 5.74) is 0. The minimum absolute atomic E-state index is 0.0469. The Labute approximate surface area is 100 Å². The summed E-state index contributed by atoms with van der Waals surface area (Å²) in [6.45, 7) is 1.80. The molecule has 1 rings (SSSR count). The predicted molar refractivity (Wildman–Crippen MR) is 62.5 cm³/mol. The lowest BCUT2D eigenvalue weighted by Crippen LogP contribution is -2.33. The van der Waals surface area contributed by atoms with Gasteiger partial charge >= 0.3 is 0 Å². The zero-order chi connectivity index (χ0) is 12.2. The molecule has 1 unspecified atom stereocenters. The number of halogens is 1. The lowest BCUT2D eigenvalue weighted by Gasteiger charge is -2.10. The van der Waals surface area contributed by atoms with Crippen molar-refractivity contribution in [1.82, 2.24) is 9.71 Å². The zero-order valence-electron chi connectivity index (χ0n) is 8.64. The van der Waals surface area contributed by atoms with Crippen LogP contribution >= 0.6 is 11.6 Å². The van der Waals surface area contributed by atoms with Gasteiger partial charge in [-0.1, -0.05) is 24.4 Å². The summed E-state index contributed by atoms with van der Waals surface area (Å²) in [6.07, 6.45) is 6.89. The third-order valence-electron chi connectivity index (χ3n) is 1.92. The van der Waals surface area contributed by atoms with Crippen LogP contribution in [0.15, 0.2) is 23.2 Å². The van der Waals surface area contributed by atoms with E-state index in [1.807, 2.05) is 0 Å². The normalized spacial score (nSPS) is 13.1. The summed E-state index contributed by atoms with van der Waals surface area (Å²) in [4.78, 5) is 3.75. The molecule has 0 bridgehead atoms. The van der Waals surface area contributed by atoms with Gasteiger partial charge in [0.2, 0.25) is 10.0 Å². The maximum absolute atomic E-state index is 11.8. The Morgan fingerprint density at radius 1 is 1.62 bits per heavy atom. The third-order valence-corrected chi connectivity index (χ3v) is 3.60. The Morgan fingerprint density at radius 3 is 2.75 bits per heavy atom. The number of pyridine rings is 1. The maximum Gasteiger partial charge on any atom is 0.243 e. The molecule has 0 aliphatic carbocycles. The fourth-order valence-electron chi connectivity index (χ4n) is 1.01. The smallest absolute Gasteiger partial charge is 0.243 e. The molecule has 0 saturated carbocycles. The van der Waals surface area contributed by atoms with E-state index in [1.165, 1.54) is 18.3 Å². The minimum Gasteiger partial charge on any atom is -0.243 e. The molecule has 1 atom stereocenters. The van der Waals surface area contributed by atoms with Crippen LogP contribution in [0.25, 0.3) is 0 Å². The highest BCUT2D eigenvalue weighted by Crippen LogP contribution is 2.11. The van der Waals surface area contributed by atoms with Crippen molar-refractivity contribution in [2.45, 2.75) is 24.3 Å². The van der Waals surface area contributed by atoms with Crippen molar-refractivity contribution in [3.63, 3.8) is 0 Å². The first-order valence-electron chi connectivity index (χ1n) is 4.59. The lowest BCUT2D eigenvalue weighted by atomic mass is 10.3. The van der Waals surface area contributed by atoms with Gasteiger partial charge < -0.3 is 0 Å². The number of nitrogens with zero attached hydrogens (tertiary/aromatic N) is 1. The van der Waals surface area contributed by atoms with E-state index in [9.17, 15) is 8.42 Å². The highest BCUT2D eigenvalue weighted by Gasteiger charge is 2.17. The highest BCUT2D eigenvalue weighted by molar-refractivity contribution is 7.89. The second-order valence-electron chi connectivity index (χ2n) is 3.07. The van der Waals surface area contributed by atoms with Crippen molar-refractivity contribution in [2.24, 2.45) is 0 Å². The van der Waals surface area contributed by atoms with Gasteiger partial charge in [-0.3, -0.25) is 0 Å². The monoisotopic (exact) mass is 258 g/mol. The van der Waals surface area contributed by atoms with Gasteiger partial charge in [0.05, 0.1) is 6.04 Å². The summed E-state index contributed by atoms with van der Waals surface area (Å²) in [5.74, 6) is 2.35. The Balaban J connectivity index is 2.95. The topological polar surface area (TPSA) is 59.1 Å². The summed E-state index contributed by atoms with van der Waals surface area (Å²) in [7, 11) is -3.61. The molecule has 1 heterocycles. The molecule has 0 amide bonds. The molecule has 4 nitrogen and oxygen atoms in total. The number of sulfonamides is 1. The second kappa shape index (κ2) is 5.30. The summed E-state index contributed by atoms with van der Waals surface area (Å²) in [6, 6.07) is 2.27. The van der Waals surface area contributed by atoms with E-state index in [4.69, 9.17) is 18.0 Å². The Kier molecular flexibility index (Phi) is 4.30. The van der Waals surface area contributed by atoms with Crippen LogP contribution in [-0.4, -0.2) is 19.4 Å². The fraction of sp³-hybridized carbons (Fsp3) is 0.300. The number of hydrogen-bond donors (Lipinski definition) is 1. The quantitative estimate of drug-likeness (QED) is 0.657. The average molecular weight is 259 g/mol. The molecular formula is C10H11ClN2O2S. The van der Waals surface area contributed by atoms with Crippen molar-refractivity contribution in [2.75, 3.05) is 0 Å². The molecule has 1 aromatic heterocycles. The summed E-state index contributed by atoms with van der Waals surface area (Å²) in [5, 5.41) is 0.239. The van der Waals surface area contributed by atoms with Crippen LogP contribution in [0.2, 0.25) is 5.15 Å². The van der Waals surface area contributed by atoms with Gasteiger partial charge in [-0.2, -0.15) is 4.72 Å². The Hall–Kier alpha value is -1.09. The number of rotatable bonds is 4. The SMILES string of the molecule is C#CC(CC)NS(=O)(=O)c1ccc(Cl)nc1. The van der Waals surface area contributed by atoms with Crippen LogP contribution in [0.5, 0.6) is 0 Å². The van der Waals surface area contributed by atoms with Crippen molar-refractivity contribution >= 4 is 21.6 Å². The maximum atomic E-state index is 11.8. The van der Waals surface area contributed by atoms with Crippen LogP contribution < -0.4 is 4.72 Å². The standard InChI is InChI=1S/C10H11ClN2O2S/c1-3-8(4-2)13-16(14,15)9-5-6-10(11)12-7-9/h1,5-8,13H,4H2,2H3. The average Bonchev–Trinajstić information content (AvgIpc) is 2.26. The Bertz CT molecular complexity index is 491. The van der Waals surface area contributed by atoms with E-state index >= 15 is 0 Å². The van der Waals surface area contributed by atoms with Crippen LogP contribution in [0.4, 0.5) is 0 Å². The molecule has 0 spiro atoms. The molecule has 6 heteroatoms. The van der Waals surface area contributed by atoms with E-state index in [-0.39, 0.29) is 10.0 Å². The van der Waals surface area contributed by atoms with Gasteiger partial charge in [-0.05, 0) is 18.6 Å². The fourth-order valence-corrected chi connectivity index (χ4v) is 2.31. The molecule has 0 fully saturated rings. The first kappa shape index (κ1) is 13.0. The first-order valence-corrected chi connectivity index (χ1v) is 6.45. The number of aromatic nitrogens is 1. The molecule has 0 aliphatic rings. The summed E-state index contributed by atoms with van der Waals surface area (Å²) >= 11 is 5.56. The number of hydrogen-bond acceptors (Lipinski definition) is 3. The molecule has 0 saturated heterocycles. The first-order chi connectivity index (χ1) is 7.49. The van der Waals surface area contributed by atoms with Crippen molar-refractivity contribution in [3.05, 3.63) is 23.5 Å². The van der Waals surface area contributed by atoms with Crippen molar-refractivity contribution in [3.8, 4) is 12.3 Å². The van der Waals surface area contributed by atoms with E-state index < -0.39 is 16.1 Å². The number of terminal acetylenes is 1. The largest absolute Gasteiger partial charge is 0.243 e. The van der Waals surface area contributed by atoms with Crippen LogP contribution in [-0.2, 0) is 10.0 Å². The van der Waals surface area contributed by atoms with E-state index in [1.54, 1.807) is 6.92 Å². The zero-order valence-corrected chi connectivity index (χ0v) is 10.2. The minimum atomic E-state index is -3.61. The molecule has 0 radical (unpaired) electrons. The molecule has 16 heavy (non-hydrogen) atoms. The van der Waals surface area contributed by atoms with Crippen LogP contribution in [0.3, 0.4) is 0 Å². The highest BCUT2D eigenvalue weighted by atomic mass is 35.5. The van der Waals surface area contributed by atoms with E-state index in [0.29, 0.717) is 6.42 Å². The number of nitrogens with one attached hydrogen (secondary N) is 1. The van der Waals surface area contributed by atoms with Crippen molar-refractivity contribution < 1.29 is 8.42 Å². The molecule has 1 aromatic rings. The van der Waals surface area contributed by atoms with E-state index in [0.717, 1.165) is 0 Å². The Morgan fingerprint density at radius 2 is 2.31 bits per heavy atom. The van der Waals surface area contributed by atoms with Gasteiger partial charge in [0.15, 0.2) is 0 Å². The van der Waals surface area contributed by atoms with E-state index in [2.05, 4.69) is 15.6 Å². The van der Waals surface area contributed by atoms with Gasteiger partial charge in [0, 0.05) is 6.20 Å². The van der Waals surface area contributed by atoms with Gasteiger partial charge in [0.25, 0.3) is 0 Å². The second-order valence-corrected chi connectivity index (χ2v) is 5.17. The van der Waals surface area contributed by atoms with Crippen LogP contribution in [0.1, 0.15) is 13.3 Å². The molecule has 0 aliphatic heterocycles. The van der Waals surface area contributed by atoms with Gasteiger partial charge in [-0.25, -0.2) is 13.4 Å². The molecule has 1 N–H and O–H groups in total. The summed E-state index contributed by atoms with van der Waals surface area (Å²) < 4.78 is 25.9. The predicted octanol–water partition coefficient (Wildman–Crippen LogP) is 1.43. The molecule has 0 aromatic carbocycles. The van der Waals surface area contributed by atoms with Crippen LogP contribution in [0, 0.1) is 12.3 Å². The molecular weight excluding hydrogens is 248 g/mol. The van der Waals surface area contributed by atoms with Gasteiger partial charge in [-0.15, -0.1) is 6.42 Å². The molecule has 86 valence electrons. The van der Waals surface area contributed by atoms with Crippen molar-refractivity contribution in [1.29, 1.82) is 0 Å². The third kappa shape index (κ3) is 3.20.